The van der Waals surface area contributed by atoms with Crippen LogP contribution in [0.1, 0.15) is 5.01 Å². The summed E-state index contributed by atoms with van der Waals surface area (Å²) in [6, 6.07) is 12.5. The van der Waals surface area contributed by atoms with Gasteiger partial charge in [0.25, 0.3) is 0 Å². The van der Waals surface area contributed by atoms with Crippen molar-refractivity contribution in [1.82, 2.24) is 14.2 Å². The Balaban J connectivity index is 1.42. The zero-order valence-electron chi connectivity index (χ0n) is 14.3. The van der Waals surface area contributed by atoms with Gasteiger partial charge in [0.2, 0.25) is 10.0 Å². The van der Waals surface area contributed by atoms with Gasteiger partial charge in [-0.25, -0.2) is 13.4 Å². The fraction of sp³-hybridized carbons (Fsp3) is 0.278. The number of thiazole rings is 1. The summed E-state index contributed by atoms with van der Waals surface area (Å²) in [4.78, 5) is 7.07. The van der Waals surface area contributed by atoms with Crippen molar-refractivity contribution in [2.24, 2.45) is 0 Å². The molecule has 142 valence electrons. The average molecular weight is 442 g/mol. The molecule has 1 saturated heterocycles. The van der Waals surface area contributed by atoms with Crippen molar-refractivity contribution in [3.05, 3.63) is 57.5 Å². The van der Waals surface area contributed by atoms with E-state index >= 15 is 0 Å². The second-order valence-corrected chi connectivity index (χ2v) is 10.2. The topological polar surface area (TPSA) is 53.5 Å². The van der Waals surface area contributed by atoms with Crippen LogP contribution in [0.4, 0.5) is 0 Å². The number of hydrogen-bond donors (Lipinski definition) is 0. The molecule has 1 aliphatic heterocycles. The van der Waals surface area contributed by atoms with Crippen molar-refractivity contribution < 1.29 is 8.42 Å². The van der Waals surface area contributed by atoms with Gasteiger partial charge in [0.1, 0.15) is 5.01 Å². The van der Waals surface area contributed by atoms with Gasteiger partial charge in [0.15, 0.2) is 0 Å². The lowest BCUT2D eigenvalue weighted by Crippen LogP contribution is -2.48. The van der Waals surface area contributed by atoms with E-state index in [1.807, 2.05) is 18.2 Å². The lowest BCUT2D eigenvalue weighted by Gasteiger charge is -2.33. The number of para-hydroxylation sites is 1. The molecule has 27 heavy (non-hydrogen) atoms. The smallest absolute Gasteiger partial charge is 0.243 e. The SMILES string of the molecule is O=S(=O)(c1ccc(Cl)c(Cl)c1)N1CCN(Cc2nc3ccccc3s2)CC1. The average Bonchev–Trinajstić information content (AvgIpc) is 3.06. The van der Waals surface area contributed by atoms with Gasteiger partial charge in [-0.05, 0) is 30.3 Å². The summed E-state index contributed by atoms with van der Waals surface area (Å²) < 4.78 is 28.3. The summed E-state index contributed by atoms with van der Waals surface area (Å²) >= 11 is 13.6. The molecule has 1 fully saturated rings. The molecule has 2 aromatic carbocycles. The van der Waals surface area contributed by atoms with Crippen molar-refractivity contribution in [3.63, 3.8) is 0 Å². The summed E-state index contributed by atoms with van der Waals surface area (Å²) in [7, 11) is -3.57. The van der Waals surface area contributed by atoms with Crippen LogP contribution in [-0.2, 0) is 16.6 Å². The van der Waals surface area contributed by atoms with E-state index in [0.717, 1.165) is 17.1 Å². The highest BCUT2D eigenvalue weighted by Gasteiger charge is 2.29. The molecular weight excluding hydrogens is 425 g/mol. The molecule has 9 heteroatoms. The summed E-state index contributed by atoms with van der Waals surface area (Å²) in [5, 5.41) is 1.64. The molecule has 1 aromatic heterocycles. The van der Waals surface area contributed by atoms with Gasteiger partial charge in [-0.3, -0.25) is 4.90 Å². The van der Waals surface area contributed by atoms with Crippen molar-refractivity contribution in [1.29, 1.82) is 0 Å². The van der Waals surface area contributed by atoms with Gasteiger partial charge in [-0.2, -0.15) is 4.31 Å². The van der Waals surface area contributed by atoms with Gasteiger partial charge >= 0.3 is 0 Å². The van der Waals surface area contributed by atoms with Crippen LogP contribution in [0.3, 0.4) is 0 Å². The molecule has 0 atom stereocenters. The largest absolute Gasteiger partial charge is 0.294 e. The normalized spacial score (nSPS) is 16.8. The Hall–Kier alpha value is -1.22. The molecule has 0 N–H and O–H groups in total. The van der Waals surface area contributed by atoms with E-state index in [0.29, 0.717) is 31.2 Å². The highest BCUT2D eigenvalue weighted by Crippen LogP contribution is 2.27. The first kappa shape index (κ1) is 19.1. The Bertz CT molecular complexity index is 1040. The molecule has 3 aromatic rings. The number of sulfonamides is 1. The fourth-order valence-corrected chi connectivity index (χ4v) is 5.91. The zero-order chi connectivity index (χ0) is 19.0. The van der Waals surface area contributed by atoms with Crippen LogP contribution in [0, 0.1) is 0 Å². The Labute approximate surface area is 172 Å². The maximum Gasteiger partial charge on any atom is 0.243 e. The molecule has 2 heterocycles. The molecule has 0 amide bonds. The second-order valence-electron chi connectivity index (χ2n) is 6.33. The zero-order valence-corrected chi connectivity index (χ0v) is 17.5. The summed E-state index contributed by atoms with van der Waals surface area (Å²) in [6.07, 6.45) is 0. The van der Waals surface area contributed by atoms with E-state index in [1.54, 1.807) is 11.3 Å². The molecule has 0 radical (unpaired) electrons. The summed E-state index contributed by atoms with van der Waals surface area (Å²) in [6.45, 7) is 2.94. The number of nitrogens with zero attached hydrogens (tertiary/aromatic N) is 3. The third-order valence-electron chi connectivity index (χ3n) is 4.56. The summed E-state index contributed by atoms with van der Waals surface area (Å²) in [5.74, 6) is 0. The maximum atomic E-state index is 12.8. The lowest BCUT2D eigenvalue weighted by atomic mass is 10.3. The number of hydrogen-bond acceptors (Lipinski definition) is 5. The van der Waals surface area contributed by atoms with E-state index < -0.39 is 10.0 Å². The van der Waals surface area contributed by atoms with Crippen LogP contribution in [0.25, 0.3) is 10.2 Å². The van der Waals surface area contributed by atoms with Crippen molar-refractivity contribution >= 4 is 54.8 Å². The van der Waals surface area contributed by atoms with Crippen LogP contribution in [0.5, 0.6) is 0 Å². The van der Waals surface area contributed by atoms with Gasteiger partial charge in [0.05, 0.1) is 31.7 Å². The lowest BCUT2D eigenvalue weighted by molar-refractivity contribution is 0.181. The minimum atomic E-state index is -3.57. The van der Waals surface area contributed by atoms with E-state index in [9.17, 15) is 8.42 Å². The minimum Gasteiger partial charge on any atom is -0.294 e. The number of aromatic nitrogens is 1. The van der Waals surface area contributed by atoms with Crippen molar-refractivity contribution in [3.8, 4) is 0 Å². The fourth-order valence-electron chi connectivity index (χ4n) is 3.09. The Morgan fingerprint density at radius 2 is 1.74 bits per heavy atom. The van der Waals surface area contributed by atoms with Gasteiger partial charge in [-0.15, -0.1) is 11.3 Å². The molecule has 0 saturated carbocycles. The third kappa shape index (κ3) is 3.99. The standard InChI is InChI=1S/C18H17Cl2N3O2S2/c19-14-6-5-13(11-15(14)20)27(24,25)23-9-7-22(8-10-23)12-18-21-16-3-1-2-4-17(16)26-18/h1-6,11H,7-10,12H2. The number of fused-ring (bicyclic) bond motifs is 1. The first-order valence-electron chi connectivity index (χ1n) is 8.45. The van der Waals surface area contributed by atoms with Crippen LogP contribution in [-0.4, -0.2) is 48.8 Å². The molecule has 0 bridgehead atoms. The minimum absolute atomic E-state index is 0.177. The number of piperazine rings is 1. The van der Waals surface area contributed by atoms with Gasteiger partial charge < -0.3 is 0 Å². The Morgan fingerprint density at radius 1 is 1.00 bits per heavy atom. The Morgan fingerprint density at radius 3 is 2.44 bits per heavy atom. The number of halogens is 2. The Kier molecular flexibility index (Phi) is 5.42. The van der Waals surface area contributed by atoms with Crippen LogP contribution < -0.4 is 0 Å². The van der Waals surface area contributed by atoms with Crippen molar-refractivity contribution in [2.45, 2.75) is 11.4 Å². The number of rotatable bonds is 4. The first-order chi connectivity index (χ1) is 12.9. The molecule has 5 nitrogen and oxygen atoms in total. The van der Waals surface area contributed by atoms with Crippen LogP contribution in [0.2, 0.25) is 10.0 Å². The summed E-state index contributed by atoms with van der Waals surface area (Å²) in [5.41, 5.74) is 1.01. The highest BCUT2D eigenvalue weighted by atomic mass is 35.5. The quantitative estimate of drug-likeness (QED) is 0.610. The number of benzene rings is 2. The van der Waals surface area contributed by atoms with Crippen LogP contribution in [0.15, 0.2) is 47.4 Å². The van der Waals surface area contributed by atoms with E-state index in [-0.39, 0.29) is 9.92 Å². The third-order valence-corrected chi connectivity index (χ3v) is 8.21. The maximum absolute atomic E-state index is 12.8. The molecule has 4 rings (SSSR count). The highest BCUT2D eigenvalue weighted by molar-refractivity contribution is 7.89. The monoisotopic (exact) mass is 441 g/mol. The van der Waals surface area contributed by atoms with Crippen molar-refractivity contribution in [2.75, 3.05) is 26.2 Å². The predicted octanol–water partition coefficient (Wildman–Crippen LogP) is 4.11. The van der Waals surface area contributed by atoms with E-state index in [1.165, 1.54) is 27.2 Å². The first-order valence-corrected chi connectivity index (χ1v) is 11.5. The van der Waals surface area contributed by atoms with E-state index in [2.05, 4.69) is 16.0 Å². The van der Waals surface area contributed by atoms with Gasteiger partial charge in [0, 0.05) is 26.2 Å². The van der Waals surface area contributed by atoms with Crippen LogP contribution >= 0.6 is 34.5 Å². The molecule has 0 unspecified atom stereocenters. The molecule has 0 aliphatic carbocycles. The molecule has 0 spiro atoms. The predicted molar refractivity (Wildman–Crippen MR) is 110 cm³/mol. The molecular formula is C18H17Cl2N3O2S2. The van der Waals surface area contributed by atoms with Gasteiger partial charge in [-0.1, -0.05) is 35.3 Å². The van der Waals surface area contributed by atoms with E-state index in [4.69, 9.17) is 23.2 Å². The molecule has 1 aliphatic rings. The second kappa shape index (κ2) is 7.66.